The number of methoxy groups -OCH3 is 1. The van der Waals surface area contributed by atoms with Gasteiger partial charge in [-0.05, 0) is 35.7 Å². The van der Waals surface area contributed by atoms with Crippen molar-refractivity contribution in [2.24, 2.45) is 0 Å². The van der Waals surface area contributed by atoms with Crippen molar-refractivity contribution >= 4 is 11.6 Å². The number of hydrogen-bond donors (Lipinski definition) is 1. The van der Waals surface area contributed by atoms with E-state index in [0.29, 0.717) is 0 Å². The van der Waals surface area contributed by atoms with E-state index in [0.717, 1.165) is 57.1 Å². The van der Waals surface area contributed by atoms with Crippen LogP contribution >= 0.6 is 0 Å². The number of para-hydroxylation sites is 1. The average Bonchev–Trinajstić information content (AvgIpc) is 2.72. The second-order valence-electron chi connectivity index (χ2n) is 6.96. The zero-order valence-corrected chi connectivity index (χ0v) is 16.3. The maximum Gasteiger partial charge on any atom is 0.223 e. The molecule has 0 unspecified atom stereocenters. The van der Waals surface area contributed by atoms with Crippen LogP contribution in [0, 0.1) is 0 Å². The summed E-state index contributed by atoms with van der Waals surface area (Å²) in [7, 11) is 1.70. The minimum atomic E-state index is 0.0982. The molecule has 144 valence electrons. The highest BCUT2D eigenvalue weighted by Crippen LogP contribution is 2.22. The summed E-state index contributed by atoms with van der Waals surface area (Å²) < 4.78 is 5.34. The summed E-state index contributed by atoms with van der Waals surface area (Å²) in [5, 5.41) is 3.53. The lowest BCUT2D eigenvalue weighted by molar-refractivity contribution is -0.116. The first-order chi connectivity index (χ1) is 13.2. The van der Waals surface area contributed by atoms with Crippen molar-refractivity contribution in [3.05, 3.63) is 59.7 Å². The molecule has 0 atom stereocenters. The lowest BCUT2D eigenvalue weighted by atomic mass is 10.1. The summed E-state index contributed by atoms with van der Waals surface area (Å²) in [6.07, 6.45) is 0.942. The van der Waals surface area contributed by atoms with E-state index in [9.17, 15) is 4.79 Å². The number of benzene rings is 2. The van der Waals surface area contributed by atoms with Crippen molar-refractivity contribution in [2.45, 2.75) is 26.4 Å². The van der Waals surface area contributed by atoms with Crippen molar-refractivity contribution in [3.8, 4) is 5.75 Å². The van der Waals surface area contributed by atoms with Gasteiger partial charge in [0.15, 0.2) is 0 Å². The van der Waals surface area contributed by atoms with Gasteiger partial charge in [-0.1, -0.05) is 30.3 Å². The highest BCUT2D eigenvalue weighted by Gasteiger charge is 2.17. The van der Waals surface area contributed by atoms with Crippen LogP contribution in [0.1, 0.15) is 24.5 Å². The van der Waals surface area contributed by atoms with E-state index in [1.54, 1.807) is 14.0 Å². The van der Waals surface area contributed by atoms with E-state index in [1.165, 1.54) is 11.1 Å². The number of nitrogens with zero attached hydrogens (tertiary/aromatic N) is 2. The van der Waals surface area contributed by atoms with Gasteiger partial charge < -0.3 is 15.0 Å². The van der Waals surface area contributed by atoms with Crippen LogP contribution in [0.4, 0.5) is 5.69 Å². The van der Waals surface area contributed by atoms with Crippen LogP contribution in [-0.2, 0) is 17.9 Å². The standard InChI is InChI=1S/C22H29N3O2/c1-18(26)25-13-6-12-24(17-19-7-5-9-21(15-19)27-2)14-11-23-16-20-8-3-4-10-22(20)25/h3-5,7-10,15,23H,6,11-14,16-17H2,1-2H3. The molecule has 0 spiro atoms. The summed E-state index contributed by atoms with van der Waals surface area (Å²) in [6, 6.07) is 16.4. The quantitative estimate of drug-likeness (QED) is 0.906. The molecule has 0 saturated carbocycles. The van der Waals surface area contributed by atoms with Crippen LogP contribution in [0.5, 0.6) is 5.75 Å². The number of carbonyl (C=O) groups excluding carboxylic acids is 1. The molecule has 1 aliphatic heterocycles. The van der Waals surface area contributed by atoms with Crippen molar-refractivity contribution < 1.29 is 9.53 Å². The van der Waals surface area contributed by atoms with Crippen LogP contribution in [0.15, 0.2) is 48.5 Å². The Morgan fingerprint density at radius 3 is 2.78 bits per heavy atom. The third-order valence-corrected chi connectivity index (χ3v) is 4.98. The summed E-state index contributed by atoms with van der Waals surface area (Å²) in [4.78, 5) is 16.6. The molecule has 1 amide bonds. The second kappa shape index (κ2) is 9.53. The van der Waals surface area contributed by atoms with E-state index in [-0.39, 0.29) is 5.91 Å². The van der Waals surface area contributed by atoms with Crippen LogP contribution in [0.2, 0.25) is 0 Å². The van der Waals surface area contributed by atoms with Gasteiger partial charge in [-0.2, -0.15) is 0 Å². The first-order valence-corrected chi connectivity index (χ1v) is 9.59. The van der Waals surface area contributed by atoms with Gasteiger partial charge >= 0.3 is 0 Å². The third kappa shape index (κ3) is 5.31. The predicted octanol–water partition coefficient (Wildman–Crippen LogP) is 3.04. The molecule has 0 bridgehead atoms. The van der Waals surface area contributed by atoms with E-state index in [2.05, 4.69) is 28.4 Å². The summed E-state index contributed by atoms with van der Waals surface area (Å²) in [5.74, 6) is 0.989. The predicted molar refractivity (Wildman–Crippen MR) is 109 cm³/mol. The molecule has 27 heavy (non-hydrogen) atoms. The normalized spacial score (nSPS) is 16.3. The largest absolute Gasteiger partial charge is 0.497 e. The third-order valence-electron chi connectivity index (χ3n) is 4.98. The number of rotatable bonds is 3. The summed E-state index contributed by atoms with van der Waals surface area (Å²) >= 11 is 0. The molecule has 0 aromatic heterocycles. The number of ether oxygens (including phenoxy) is 1. The Morgan fingerprint density at radius 2 is 1.96 bits per heavy atom. The minimum Gasteiger partial charge on any atom is -0.497 e. The van der Waals surface area contributed by atoms with Crippen molar-refractivity contribution in [1.82, 2.24) is 10.2 Å². The maximum atomic E-state index is 12.2. The van der Waals surface area contributed by atoms with Crippen LogP contribution in [0.25, 0.3) is 0 Å². The molecule has 0 radical (unpaired) electrons. The van der Waals surface area contributed by atoms with Gasteiger partial charge in [-0.25, -0.2) is 0 Å². The molecule has 1 N–H and O–H groups in total. The van der Waals surface area contributed by atoms with Gasteiger partial charge in [0.05, 0.1) is 7.11 Å². The van der Waals surface area contributed by atoms with Crippen LogP contribution in [0.3, 0.4) is 0 Å². The van der Waals surface area contributed by atoms with Crippen molar-refractivity contribution in [2.75, 3.05) is 38.2 Å². The second-order valence-corrected chi connectivity index (χ2v) is 6.96. The molecule has 0 saturated heterocycles. The molecule has 5 heteroatoms. The fraction of sp³-hybridized carbons (Fsp3) is 0.409. The van der Waals surface area contributed by atoms with Crippen LogP contribution in [-0.4, -0.2) is 44.1 Å². The van der Waals surface area contributed by atoms with Gasteiger partial charge in [0, 0.05) is 51.9 Å². The smallest absolute Gasteiger partial charge is 0.223 e. The molecule has 5 nitrogen and oxygen atoms in total. The highest BCUT2D eigenvalue weighted by atomic mass is 16.5. The zero-order chi connectivity index (χ0) is 19.1. The Bertz CT molecular complexity index is 763. The fourth-order valence-corrected chi connectivity index (χ4v) is 3.58. The SMILES string of the molecule is COc1cccc(CN2CCCN(C(C)=O)c3ccccc3CNCC2)c1. The van der Waals surface area contributed by atoms with Gasteiger partial charge in [0.2, 0.25) is 5.91 Å². The Labute approximate surface area is 161 Å². The van der Waals surface area contributed by atoms with Gasteiger partial charge in [0.25, 0.3) is 0 Å². The van der Waals surface area contributed by atoms with Crippen molar-refractivity contribution in [3.63, 3.8) is 0 Å². The molecular formula is C22H29N3O2. The molecule has 2 aromatic rings. The summed E-state index contributed by atoms with van der Waals surface area (Å²) in [6.45, 7) is 6.88. The minimum absolute atomic E-state index is 0.0982. The van der Waals surface area contributed by atoms with E-state index in [4.69, 9.17) is 4.74 Å². The molecule has 3 rings (SSSR count). The Balaban J connectivity index is 1.72. The van der Waals surface area contributed by atoms with E-state index >= 15 is 0 Å². The molecule has 1 aliphatic rings. The lowest BCUT2D eigenvalue weighted by Gasteiger charge is -2.25. The van der Waals surface area contributed by atoms with Gasteiger partial charge in [0.1, 0.15) is 5.75 Å². The topological polar surface area (TPSA) is 44.8 Å². The first-order valence-electron chi connectivity index (χ1n) is 9.59. The zero-order valence-electron chi connectivity index (χ0n) is 16.3. The molecular weight excluding hydrogens is 338 g/mol. The monoisotopic (exact) mass is 367 g/mol. The highest BCUT2D eigenvalue weighted by molar-refractivity contribution is 5.92. The number of carbonyl (C=O) groups is 1. The number of hydrogen-bond acceptors (Lipinski definition) is 4. The Morgan fingerprint density at radius 1 is 1.11 bits per heavy atom. The average molecular weight is 367 g/mol. The Hall–Kier alpha value is -2.37. The van der Waals surface area contributed by atoms with Gasteiger partial charge in [-0.15, -0.1) is 0 Å². The number of amides is 1. The van der Waals surface area contributed by atoms with Gasteiger partial charge in [-0.3, -0.25) is 9.69 Å². The van der Waals surface area contributed by atoms with Crippen molar-refractivity contribution in [1.29, 1.82) is 0 Å². The Kier molecular flexibility index (Phi) is 6.85. The first kappa shape index (κ1) is 19.4. The van der Waals surface area contributed by atoms with E-state index < -0.39 is 0 Å². The lowest BCUT2D eigenvalue weighted by Crippen LogP contribution is -2.34. The molecule has 2 aromatic carbocycles. The number of fused-ring (bicyclic) bond motifs is 1. The molecule has 0 aliphatic carbocycles. The summed E-state index contributed by atoms with van der Waals surface area (Å²) in [5.41, 5.74) is 3.45. The number of anilines is 1. The number of nitrogens with one attached hydrogen (secondary N) is 1. The van der Waals surface area contributed by atoms with E-state index in [1.807, 2.05) is 35.2 Å². The molecule has 0 fully saturated rings. The van der Waals surface area contributed by atoms with Crippen LogP contribution < -0.4 is 15.0 Å². The maximum absolute atomic E-state index is 12.2. The molecule has 1 heterocycles. The fourth-order valence-electron chi connectivity index (χ4n) is 3.58.